The first-order valence-electron chi connectivity index (χ1n) is 7.01. The Labute approximate surface area is 123 Å². The zero-order chi connectivity index (χ0) is 14.7. The Bertz CT molecular complexity index is 643. The average molecular weight is 286 g/mol. The minimum absolute atomic E-state index is 0.259. The molecule has 5 heteroatoms. The maximum absolute atomic E-state index is 5.78. The molecule has 110 valence electrons. The molecule has 0 spiro atoms. The Morgan fingerprint density at radius 3 is 2.86 bits per heavy atom. The first kappa shape index (κ1) is 13.7. The predicted molar refractivity (Wildman–Crippen MR) is 79.0 cm³/mol. The third-order valence-corrected chi connectivity index (χ3v) is 3.30. The Kier molecular flexibility index (Phi) is 3.92. The molecule has 1 aromatic carbocycles. The van der Waals surface area contributed by atoms with Gasteiger partial charge in [-0.3, -0.25) is 0 Å². The number of benzene rings is 1. The third kappa shape index (κ3) is 3.08. The number of hydrogen-bond acceptors (Lipinski definition) is 5. The molecule has 0 aliphatic carbocycles. The first-order chi connectivity index (χ1) is 10.3. The lowest BCUT2D eigenvalue weighted by molar-refractivity contribution is 0.174. The van der Waals surface area contributed by atoms with Crippen molar-refractivity contribution in [3.05, 3.63) is 41.6 Å². The van der Waals surface area contributed by atoms with Gasteiger partial charge in [-0.1, -0.05) is 13.0 Å². The number of aromatic nitrogens is 1. The van der Waals surface area contributed by atoms with Crippen LogP contribution >= 0.6 is 0 Å². The number of nitrogens with zero attached hydrogens (tertiary/aromatic N) is 1. The second-order valence-corrected chi connectivity index (χ2v) is 4.79. The molecule has 0 unspecified atom stereocenters. The maximum atomic E-state index is 5.78. The lowest BCUT2D eigenvalue weighted by atomic mass is 10.2. The summed E-state index contributed by atoms with van der Waals surface area (Å²) in [6.07, 6.45) is 0. The Morgan fingerprint density at radius 2 is 2.05 bits per heavy atom. The molecule has 3 rings (SSSR count). The molecular weight excluding hydrogens is 268 g/mol. The van der Waals surface area contributed by atoms with Crippen LogP contribution in [0.4, 0.5) is 0 Å². The summed E-state index contributed by atoms with van der Waals surface area (Å²) < 4.78 is 16.4. The van der Waals surface area contributed by atoms with E-state index in [0.29, 0.717) is 17.4 Å². The van der Waals surface area contributed by atoms with E-state index in [9.17, 15) is 0 Å². The van der Waals surface area contributed by atoms with Crippen LogP contribution in [-0.4, -0.2) is 18.3 Å². The number of ether oxygens (including phenoxy) is 3. The fourth-order valence-electron chi connectivity index (χ4n) is 2.13. The number of nitrogens with one attached hydrogen (secondary N) is 1. The highest BCUT2D eigenvalue weighted by Crippen LogP contribution is 2.36. The summed E-state index contributed by atoms with van der Waals surface area (Å²) in [6, 6.07) is 9.41. The minimum atomic E-state index is 0.259. The van der Waals surface area contributed by atoms with Gasteiger partial charge < -0.3 is 19.5 Å². The van der Waals surface area contributed by atoms with Crippen LogP contribution < -0.4 is 19.5 Å². The summed E-state index contributed by atoms with van der Waals surface area (Å²) >= 11 is 0. The molecule has 21 heavy (non-hydrogen) atoms. The normalized spacial score (nSPS) is 12.5. The minimum Gasteiger partial charge on any atom is -0.454 e. The van der Waals surface area contributed by atoms with Crippen molar-refractivity contribution >= 4 is 0 Å². The fraction of sp³-hybridized carbons (Fsp3) is 0.312. The highest BCUT2D eigenvalue weighted by atomic mass is 16.7. The molecule has 1 aliphatic heterocycles. The van der Waals surface area contributed by atoms with Gasteiger partial charge in [-0.05, 0) is 31.2 Å². The van der Waals surface area contributed by atoms with E-state index in [1.165, 1.54) is 5.56 Å². The van der Waals surface area contributed by atoms with Crippen LogP contribution in [0.2, 0.25) is 0 Å². The molecule has 1 aromatic heterocycles. The summed E-state index contributed by atoms with van der Waals surface area (Å²) in [5.41, 5.74) is 2.14. The molecule has 5 nitrogen and oxygen atoms in total. The Balaban J connectivity index is 1.74. The lowest BCUT2D eigenvalue weighted by Crippen LogP contribution is -2.13. The number of hydrogen-bond donors (Lipinski definition) is 1. The quantitative estimate of drug-likeness (QED) is 0.915. The van der Waals surface area contributed by atoms with Crippen LogP contribution in [-0.2, 0) is 6.54 Å². The molecular formula is C16H18N2O3. The van der Waals surface area contributed by atoms with E-state index in [2.05, 4.69) is 17.2 Å². The smallest absolute Gasteiger partial charge is 0.231 e. The molecule has 0 saturated carbocycles. The molecule has 2 heterocycles. The van der Waals surface area contributed by atoms with E-state index >= 15 is 0 Å². The largest absolute Gasteiger partial charge is 0.454 e. The van der Waals surface area contributed by atoms with Gasteiger partial charge in [0.05, 0.1) is 0 Å². The molecule has 0 saturated heterocycles. The van der Waals surface area contributed by atoms with E-state index < -0.39 is 0 Å². The van der Waals surface area contributed by atoms with Gasteiger partial charge in [-0.15, -0.1) is 0 Å². The van der Waals surface area contributed by atoms with E-state index in [-0.39, 0.29) is 6.79 Å². The van der Waals surface area contributed by atoms with Crippen molar-refractivity contribution in [2.24, 2.45) is 0 Å². The number of pyridine rings is 1. The summed E-state index contributed by atoms with van der Waals surface area (Å²) in [7, 11) is 0. The predicted octanol–water partition coefficient (Wildman–Crippen LogP) is 3.02. The van der Waals surface area contributed by atoms with Gasteiger partial charge >= 0.3 is 0 Å². The van der Waals surface area contributed by atoms with Crippen molar-refractivity contribution in [1.29, 1.82) is 0 Å². The topological polar surface area (TPSA) is 52.6 Å². The molecule has 0 fully saturated rings. The second kappa shape index (κ2) is 6.01. The molecule has 0 amide bonds. The fourth-order valence-corrected chi connectivity index (χ4v) is 2.13. The van der Waals surface area contributed by atoms with Crippen LogP contribution in [0.3, 0.4) is 0 Å². The monoisotopic (exact) mass is 286 g/mol. The van der Waals surface area contributed by atoms with Crippen molar-refractivity contribution in [1.82, 2.24) is 10.3 Å². The van der Waals surface area contributed by atoms with Crippen LogP contribution in [0.15, 0.2) is 30.3 Å². The van der Waals surface area contributed by atoms with Crippen LogP contribution in [0, 0.1) is 6.92 Å². The Morgan fingerprint density at radius 1 is 1.19 bits per heavy atom. The van der Waals surface area contributed by atoms with Crippen molar-refractivity contribution in [2.45, 2.75) is 20.4 Å². The highest BCUT2D eigenvalue weighted by molar-refractivity contribution is 5.47. The standard InChI is InChI=1S/C16H18N2O3/c1-3-17-9-12-4-7-16(18-11(12)2)21-13-5-6-14-15(8-13)20-10-19-14/h4-8,17H,3,9-10H2,1-2H3. The molecule has 1 aliphatic rings. The van der Waals surface area contributed by atoms with Crippen molar-refractivity contribution in [2.75, 3.05) is 13.3 Å². The van der Waals surface area contributed by atoms with Gasteiger partial charge in [0.15, 0.2) is 11.5 Å². The molecule has 2 aromatic rings. The summed E-state index contributed by atoms with van der Waals surface area (Å²) in [5, 5.41) is 3.29. The number of aryl methyl sites for hydroxylation is 1. The van der Waals surface area contributed by atoms with Gasteiger partial charge in [0, 0.05) is 24.4 Å². The SMILES string of the molecule is CCNCc1ccc(Oc2ccc3c(c2)OCO3)nc1C. The molecule has 0 bridgehead atoms. The number of fused-ring (bicyclic) bond motifs is 1. The van der Waals surface area contributed by atoms with E-state index in [1.807, 2.05) is 37.3 Å². The van der Waals surface area contributed by atoms with Crippen molar-refractivity contribution in [3.63, 3.8) is 0 Å². The van der Waals surface area contributed by atoms with E-state index in [1.54, 1.807) is 0 Å². The maximum Gasteiger partial charge on any atom is 0.231 e. The van der Waals surface area contributed by atoms with Crippen molar-refractivity contribution < 1.29 is 14.2 Å². The van der Waals surface area contributed by atoms with Gasteiger partial charge in [0.2, 0.25) is 12.7 Å². The van der Waals surface area contributed by atoms with E-state index in [0.717, 1.165) is 24.5 Å². The average Bonchev–Trinajstić information content (AvgIpc) is 2.94. The third-order valence-electron chi connectivity index (χ3n) is 3.30. The van der Waals surface area contributed by atoms with Crippen molar-refractivity contribution in [3.8, 4) is 23.1 Å². The van der Waals surface area contributed by atoms with Crippen LogP contribution in [0.1, 0.15) is 18.2 Å². The van der Waals surface area contributed by atoms with Crippen LogP contribution in [0.25, 0.3) is 0 Å². The second-order valence-electron chi connectivity index (χ2n) is 4.79. The highest BCUT2D eigenvalue weighted by Gasteiger charge is 2.14. The van der Waals surface area contributed by atoms with Gasteiger partial charge in [0.1, 0.15) is 5.75 Å². The van der Waals surface area contributed by atoms with Gasteiger partial charge in [-0.2, -0.15) is 0 Å². The zero-order valence-electron chi connectivity index (χ0n) is 12.2. The number of rotatable bonds is 5. The summed E-state index contributed by atoms with van der Waals surface area (Å²) in [5.74, 6) is 2.71. The van der Waals surface area contributed by atoms with Crippen LogP contribution in [0.5, 0.6) is 23.1 Å². The van der Waals surface area contributed by atoms with Gasteiger partial charge in [-0.25, -0.2) is 4.98 Å². The van der Waals surface area contributed by atoms with Gasteiger partial charge in [0.25, 0.3) is 0 Å². The summed E-state index contributed by atoms with van der Waals surface area (Å²) in [6.45, 7) is 6.09. The Hall–Kier alpha value is -2.27. The van der Waals surface area contributed by atoms with E-state index in [4.69, 9.17) is 14.2 Å². The summed E-state index contributed by atoms with van der Waals surface area (Å²) in [4.78, 5) is 4.48. The molecule has 0 radical (unpaired) electrons. The first-order valence-corrected chi connectivity index (χ1v) is 7.01. The lowest BCUT2D eigenvalue weighted by Gasteiger charge is -2.09. The molecule has 1 N–H and O–H groups in total. The zero-order valence-corrected chi connectivity index (χ0v) is 12.2. The molecule has 0 atom stereocenters.